The molecule has 3 amide bonds. The largest absolute Gasteiger partial charge is 0.393 e. The highest BCUT2D eigenvalue weighted by Crippen LogP contribution is 2.66. The fourth-order valence-electron chi connectivity index (χ4n) is 12.3. The molecule has 0 aromatic heterocycles. The first-order valence-electron chi connectivity index (χ1n) is 20.5. The number of aliphatic hydroxyl groups excluding tert-OH is 2. The van der Waals surface area contributed by atoms with Gasteiger partial charge in [-0.1, -0.05) is 63.4 Å². The van der Waals surface area contributed by atoms with E-state index in [0.717, 1.165) is 50.5 Å². The van der Waals surface area contributed by atoms with E-state index in [1.165, 1.54) is 38.5 Å². The topological polar surface area (TPSA) is 122 Å². The monoisotopic (exact) mass is 704 g/mol. The van der Waals surface area contributed by atoms with E-state index in [1.54, 1.807) is 0 Å². The molecule has 1 saturated heterocycles. The van der Waals surface area contributed by atoms with Gasteiger partial charge in [0.1, 0.15) is 6.04 Å². The van der Waals surface area contributed by atoms with E-state index in [4.69, 9.17) is 0 Å². The molecular weight excluding hydrogens is 640 g/mol. The third-order valence-corrected chi connectivity index (χ3v) is 15.3. The number of rotatable bonds is 9. The van der Waals surface area contributed by atoms with Crippen LogP contribution in [0.1, 0.15) is 109 Å². The lowest BCUT2D eigenvalue weighted by atomic mass is 9.44. The van der Waals surface area contributed by atoms with Gasteiger partial charge in [0, 0.05) is 45.1 Å². The third kappa shape index (κ3) is 7.64. The summed E-state index contributed by atoms with van der Waals surface area (Å²) in [5.41, 5.74) is 1.23. The summed E-state index contributed by atoms with van der Waals surface area (Å²) in [4.78, 5) is 44.1. The first-order valence-corrected chi connectivity index (χ1v) is 20.5. The summed E-state index contributed by atoms with van der Waals surface area (Å²) < 4.78 is 0. The van der Waals surface area contributed by atoms with Crippen LogP contribution < -0.4 is 10.6 Å². The van der Waals surface area contributed by atoms with Crippen LogP contribution in [0.3, 0.4) is 0 Å². The van der Waals surface area contributed by atoms with Crippen LogP contribution in [0, 0.1) is 40.4 Å². The Hall–Kier alpha value is -2.49. The molecule has 5 aliphatic carbocycles. The standard InChI is InChI=1S/C42H64N4O5/c1-41-18-17-33-31(32(41)15-16-37(41)48)14-13-30-25-36(47)35(26-42(30,33)2)45-19-21-46(22-20-45)40(51)34(23-28-9-5-3-6-10-28)44-39(50)27-43-38(49)24-29-11-7-4-8-12-29/h3,5-6,9-10,29-37,47-48H,4,7-8,11-27H2,1-2H3,(H,43,49)(H,44,50)/t30-,31-,32-,33-,34-,35-,36-,37-,41-,42-/m0/s1. The van der Waals surface area contributed by atoms with E-state index in [0.29, 0.717) is 68.6 Å². The highest BCUT2D eigenvalue weighted by atomic mass is 16.3. The van der Waals surface area contributed by atoms with Gasteiger partial charge in [-0.05, 0) is 110 Å². The van der Waals surface area contributed by atoms with E-state index in [2.05, 4.69) is 29.4 Å². The van der Waals surface area contributed by atoms with Gasteiger partial charge in [-0.2, -0.15) is 0 Å². The van der Waals surface area contributed by atoms with Crippen LogP contribution in [-0.2, 0) is 20.8 Å². The zero-order chi connectivity index (χ0) is 35.8. The number of nitrogens with one attached hydrogen (secondary N) is 2. The number of fused-ring (bicyclic) bond motifs is 5. The second-order valence-corrected chi connectivity index (χ2v) is 18.0. The molecule has 10 atom stereocenters. The molecule has 9 heteroatoms. The van der Waals surface area contributed by atoms with E-state index in [9.17, 15) is 24.6 Å². The first kappa shape index (κ1) is 36.9. The molecule has 0 spiro atoms. The molecular formula is C42H64N4O5. The zero-order valence-electron chi connectivity index (χ0n) is 31.2. The number of carbonyl (C=O) groups is 3. The second kappa shape index (κ2) is 15.5. The molecule has 282 valence electrons. The van der Waals surface area contributed by atoms with Crippen LogP contribution in [-0.4, -0.2) is 94.7 Å². The van der Waals surface area contributed by atoms with Gasteiger partial charge in [0.25, 0.3) is 0 Å². The number of benzene rings is 1. The minimum Gasteiger partial charge on any atom is -0.393 e. The number of hydrogen-bond donors (Lipinski definition) is 4. The summed E-state index contributed by atoms with van der Waals surface area (Å²) in [7, 11) is 0. The fourth-order valence-corrected chi connectivity index (χ4v) is 12.3. The molecule has 6 aliphatic rings. The van der Waals surface area contributed by atoms with Gasteiger partial charge in [-0.15, -0.1) is 0 Å². The minimum atomic E-state index is -0.716. The molecule has 7 rings (SSSR count). The number of hydrogen-bond acceptors (Lipinski definition) is 6. The van der Waals surface area contributed by atoms with Crippen molar-refractivity contribution in [1.29, 1.82) is 0 Å². The van der Waals surface area contributed by atoms with E-state index >= 15 is 0 Å². The lowest BCUT2D eigenvalue weighted by molar-refractivity contribution is -0.157. The molecule has 1 aromatic carbocycles. The van der Waals surface area contributed by atoms with Crippen LogP contribution in [0.4, 0.5) is 0 Å². The predicted molar refractivity (Wildman–Crippen MR) is 197 cm³/mol. The molecule has 51 heavy (non-hydrogen) atoms. The Labute approximate surface area is 305 Å². The summed E-state index contributed by atoms with van der Waals surface area (Å²) in [6.45, 7) is 7.28. The maximum absolute atomic E-state index is 14.1. The first-order chi connectivity index (χ1) is 24.5. The quantitative estimate of drug-likeness (QED) is 0.296. The van der Waals surface area contributed by atoms with E-state index in [-0.39, 0.29) is 53.3 Å². The van der Waals surface area contributed by atoms with Crippen molar-refractivity contribution in [1.82, 2.24) is 20.4 Å². The molecule has 0 radical (unpaired) electrons. The number of nitrogens with zero attached hydrogens (tertiary/aromatic N) is 2. The lowest BCUT2D eigenvalue weighted by Gasteiger charge is -2.62. The maximum Gasteiger partial charge on any atom is 0.245 e. The number of aliphatic hydroxyl groups is 2. The smallest absolute Gasteiger partial charge is 0.245 e. The average molecular weight is 705 g/mol. The summed E-state index contributed by atoms with van der Waals surface area (Å²) in [6, 6.07) is 9.16. The van der Waals surface area contributed by atoms with Crippen molar-refractivity contribution in [2.75, 3.05) is 32.7 Å². The Kier molecular flexibility index (Phi) is 11.2. The molecule has 0 bridgehead atoms. The van der Waals surface area contributed by atoms with Gasteiger partial charge in [0.05, 0.1) is 18.8 Å². The van der Waals surface area contributed by atoms with Crippen LogP contribution in [0.25, 0.3) is 0 Å². The van der Waals surface area contributed by atoms with Crippen LogP contribution in [0.5, 0.6) is 0 Å². The van der Waals surface area contributed by atoms with Crippen molar-refractivity contribution in [2.24, 2.45) is 40.4 Å². The van der Waals surface area contributed by atoms with Gasteiger partial charge in [0.15, 0.2) is 0 Å². The minimum absolute atomic E-state index is 0.0706. The van der Waals surface area contributed by atoms with Gasteiger partial charge in [0.2, 0.25) is 17.7 Å². The molecule has 6 fully saturated rings. The zero-order valence-corrected chi connectivity index (χ0v) is 31.2. The number of amides is 3. The maximum atomic E-state index is 14.1. The van der Waals surface area contributed by atoms with Crippen molar-refractivity contribution in [3.05, 3.63) is 35.9 Å². The lowest BCUT2D eigenvalue weighted by Crippen LogP contribution is -2.63. The summed E-state index contributed by atoms with van der Waals surface area (Å²) in [6.07, 6.45) is 14.8. The highest BCUT2D eigenvalue weighted by molar-refractivity contribution is 5.90. The van der Waals surface area contributed by atoms with Crippen LogP contribution in [0.2, 0.25) is 0 Å². The average Bonchev–Trinajstić information content (AvgIpc) is 3.45. The van der Waals surface area contributed by atoms with Gasteiger partial charge in [-0.3, -0.25) is 19.3 Å². The Morgan fingerprint density at radius 1 is 0.843 bits per heavy atom. The predicted octanol–water partition coefficient (Wildman–Crippen LogP) is 4.69. The summed E-state index contributed by atoms with van der Waals surface area (Å²) in [5.74, 6) is 2.37. The molecule has 1 aromatic rings. The van der Waals surface area contributed by atoms with Crippen LogP contribution in [0.15, 0.2) is 30.3 Å². The molecule has 9 nitrogen and oxygen atoms in total. The molecule has 5 saturated carbocycles. The number of piperazine rings is 1. The fraction of sp³-hybridized carbons (Fsp3) is 0.786. The molecule has 4 N–H and O–H groups in total. The Balaban J connectivity index is 0.959. The van der Waals surface area contributed by atoms with Crippen molar-refractivity contribution >= 4 is 17.7 Å². The van der Waals surface area contributed by atoms with Gasteiger partial charge in [-0.25, -0.2) is 0 Å². The van der Waals surface area contributed by atoms with Gasteiger partial charge < -0.3 is 25.7 Å². The van der Waals surface area contributed by atoms with Gasteiger partial charge >= 0.3 is 0 Å². The van der Waals surface area contributed by atoms with E-state index < -0.39 is 6.04 Å². The highest BCUT2D eigenvalue weighted by Gasteiger charge is 2.61. The molecule has 1 aliphatic heterocycles. The number of carbonyl (C=O) groups excluding carboxylic acids is 3. The molecule has 1 heterocycles. The van der Waals surface area contributed by atoms with Crippen molar-refractivity contribution < 1.29 is 24.6 Å². The van der Waals surface area contributed by atoms with Crippen molar-refractivity contribution in [3.63, 3.8) is 0 Å². The summed E-state index contributed by atoms with van der Waals surface area (Å²) >= 11 is 0. The third-order valence-electron chi connectivity index (χ3n) is 15.3. The molecule has 0 unspecified atom stereocenters. The normalized spacial score (nSPS) is 37.8. The van der Waals surface area contributed by atoms with Crippen molar-refractivity contribution in [2.45, 2.75) is 134 Å². The van der Waals surface area contributed by atoms with Crippen LogP contribution >= 0.6 is 0 Å². The SMILES string of the molecule is C[C@]12C[C@H](N3CCN(C(=O)[C@H](Cc4ccccc4)NC(=O)CNC(=O)CC4CCCCC4)CC3)[C@@H](O)C[C@@H]1CC[C@@H]1[C@@H]2CC[C@]2(C)[C@@H](O)CC[C@@H]12. The van der Waals surface area contributed by atoms with E-state index in [1.807, 2.05) is 35.2 Å². The van der Waals surface area contributed by atoms with Crippen molar-refractivity contribution in [3.8, 4) is 0 Å². The Morgan fingerprint density at radius 3 is 2.31 bits per heavy atom. The Morgan fingerprint density at radius 2 is 1.57 bits per heavy atom. The second-order valence-electron chi connectivity index (χ2n) is 18.0. The Bertz CT molecular complexity index is 1380. The summed E-state index contributed by atoms with van der Waals surface area (Å²) in [5, 5.41) is 28.3.